The van der Waals surface area contributed by atoms with Gasteiger partial charge in [-0.15, -0.1) is 0 Å². The van der Waals surface area contributed by atoms with E-state index in [-0.39, 0.29) is 0 Å². The Labute approximate surface area is 234 Å². The number of hydrogen-bond donors (Lipinski definition) is 0. The largest absolute Gasteiger partial charge is 0.310 e. The lowest BCUT2D eigenvalue weighted by Gasteiger charge is -2.27. The molecule has 0 saturated heterocycles. The second kappa shape index (κ2) is 11.2. The molecule has 0 unspecified atom stereocenters. The summed E-state index contributed by atoms with van der Waals surface area (Å²) in [7, 11) is 0. The minimum absolute atomic E-state index is 1.15. The van der Waals surface area contributed by atoms with E-state index in [9.17, 15) is 0 Å². The Balaban J connectivity index is 1.59. The van der Waals surface area contributed by atoms with Gasteiger partial charge in [-0.25, -0.2) is 0 Å². The van der Waals surface area contributed by atoms with E-state index in [4.69, 9.17) is 0 Å². The molecular weight excluding hydrogens is 470 g/mol. The van der Waals surface area contributed by atoms with Crippen molar-refractivity contribution in [3.63, 3.8) is 0 Å². The van der Waals surface area contributed by atoms with Gasteiger partial charge in [0.15, 0.2) is 0 Å². The standard InChI is InChI=1S/C38H37N/c1-26-7-13-33(14-8-26)38(34-15-9-27(2)10-16-34)25-32-11-17-35(18-12-32)39(36-21-28(3)19-29(4)22-36)37-23-30(5)20-31(6)24-37/h7-25H,1-6H3. The highest BCUT2D eigenvalue weighted by Gasteiger charge is 2.14. The van der Waals surface area contributed by atoms with Crippen molar-refractivity contribution in [1.29, 1.82) is 0 Å². The summed E-state index contributed by atoms with van der Waals surface area (Å²) in [6.45, 7) is 12.9. The van der Waals surface area contributed by atoms with E-state index in [0.29, 0.717) is 0 Å². The van der Waals surface area contributed by atoms with Crippen LogP contribution in [0.4, 0.5) is 17.1 Å². The van der Waals surface area contributed by atoms with Gasteiger partial charge in [0.25, 0.3) is 0 Å². The molecule has 0 amide bonds. The van der Waals surface area contributed by atoms with Crippen LogP contribution in [-0.4, -0.2) is 0 Å². The van der Waals surface area contributed by atoms with E-state index in [1.165, 1.54) is 67.0 Å². The second-order valence-corrected chi connectivity index (χ2v) is 10.9. The normalized spacial score (nSPS) is 10.8. The van der Waals surface area contributed by atoms with Crippen molar-refractivity contribution in [2.45, 2.75) is 41.5 Å². The first-order valence-electron chi connectivity index (χ1n) is 13.7. The van der Waals surface area contributed by atoms with Crippen LogP contribution in [0.2, 0.25) is 0 Å². The van der Waals surface area contributed by atoms with Crippen LogP contribution in [-0.2, 0) is 0 Å². The van der Waals surface area contributed by atoms with Crippen molar-refractivity contribution in [2.24, 2.45) is 0 Å². The van der Waals surface area contributed by atoms with Crippen molar-refractivity contribution in [1.82, 2.24) is 0 Å². The minimum atomic E-state index is 1.15. The Bertz CT molecular complexity index is 1480. The molecule has 0 saturated carbocycles. The molecule has 0 spiro atoms. The van der Waals surface area contributed by atoms with E-state index in [1.54, 1.807) is 0 Å². The molecule has 0 heterocycles. The van der Waals surface area contributed by atoms with Crippen LogP contribution in [0.15, 0.2) is 109 Å². The summed E-state index contributed by atoms with van der Waals surface area (Å²) >= 11 is 0. The summed E-state index contributed by atoms with van der Waals surface area (Å²) in [6.07, 6.45) is 2.30. The van der Waals surface area contributed by atoms with Crippen molar-refractivity contribution < 1.29 is 0 Å². The zero-order chi connectivity index (χ0) is 27.5. The first-order valence-corrected chi connectivity index (χ1v) is 13.7. The Morgan fingerprint density at radius 1 is 0.410 bits per heavy atom. The first-order chi connectivity index (χ1) is 18.7. The van der Waals surface area contributed by atoms with Crippen LogP contribution < -0.4 is 4.90 Å². The third-order valence-corrected chi connectivity index (χ3v) is 7.12. The topological polar surface area (TPSA) is 3.24 Å². The van der Waals surface area contributed by atoms with Gasteiger partial charge in [-0.3, -0.25) is 0 Å². The molecule has 0 atom stereocenters. The number of rotatable bonds is 6. The van der Waals surface area contributed by atoms with Gasteiger partial charge in [-0.05, 0) is 129 Å². The average Bonchev–Trinajstić information content (AvgIpc) is 2.88. The van der Waals surface area contributed by atoms with E-state index in [2.05, 4.69) is 162 Å². The Morgan fingerprint density at radius 2 is 0.795 bits per heavy atom. The average molecular weight is 508 g/mol. The second-order valence-electron chi connectivity index (χ2n) is 10.9. The maximum absolute atomic E-state index is 2.37. The SMILES string of the molecule is Cc1ccc(C(=Cc2ccc(N(c3cc(C)cc(C)c3)c3cc(C)cc(C)c3)cc2)c2ccc(C)cc2)cc1. The van der Waals surface area contributed by atoms with Crippen LogP contribution in [0.25, 0.3) is 11.6 Å². The van der Waals surface area contributed by atoms with Gasteiger partial charge < -0.3 is 4.90 Å². The number of nitrogens with zero attached hydrogens (tertiary/aromatic N) is 1. The van der Waals surface area contributed by atoms with Gasteiger partial charge in [0.05, 0.1) is 0 Å². The molecule has 0 N–H and O–H groups in total. The molecule has 0 aliphatic carbocycles. The zero-order valence-corrected chi connectivity index (χ0v) is 23.9. The van der Waals surface area contributed by atoms with Gasteiger partial charge in [-0.1, -0.05) is 83.9 Å². The molecule has 0 aliphatic rings. The summed E-state index contributed by atoms with van der Waals surface area (Å²) < 4.78 is 0. The summed E-state index contributed by atoms with van der Waals surface area (Å²) in [4.78, 5) is 2.37. The molecule has 0 radical (unpaired) electrons. The predicted octanol–water partition coefficient (Wildman–Crippen LogP) is 10.6. The molecule has 1 heteroatoms. The maximum Gasteiger partial charge on any atom is 0.0466 e. The molecule has 0 aromatic heterocycles. The van der Waals surface area contributed by atoms with Gasteiger partial charge in [0.2, 0.25) is 0 Å². The fraction of sp³-hybridized carbons (Fsp3) is 0.158. The molecule has 5 aromatic rings. The number of benzene rings is 5. The third kappa shape index (κ3) is 6.21. The lowest BCUT2D eigenvalue weighted by atomic mass is 9.94. The number of aryl methyl sites for hydroxylation is 6. The summed E-state index contributed by atoms with van der Waals surface area (Å²) in [5.41, 5.74) is 15.9. The Kier molecular flexibility index (Phi) is 7.52. The van der Waals surface area contributed by atoms with Crippen molar-refractivity contribution in [3.8, 4) is 0 Å². The molecule has 0 bridgehead atoms. The highest BCUT2D eigenvalue weighted by molar-refractivity contribution is 5.92. The fourth-order valence-corrected chi connectivity index (χ4v) is 5.29. The summed E-state index contributed by atoms with van der Waals surface area (Å²) in [5, 5.41) is 0. The van der Waals surface area contributed by atoms with Crippen LogP contribution in [0.5, 0.6) is 0 Å². The van der Waals surface area contributed by atoms with Crippen molar-refractivity contribution in [2.75, 3.05) is 4.90 Å². The van der Waals surface area contributed by atoms with Crippen LogP contribution >= 0.6 is 0 Å². The van der Waals surface area contributed by atoms with E-state index >= 15 is 0 Å². The zero-order valence-electron chi connectivity index (χ0n) is 23.9. The predicted molar refractivity (Wildman–Crippen MR) is 169 cm³/mol. The highest BCUT2D eigenvalue weighted by Crippen LogP contribution is 2.37. The number of hydrogen-bond acceptors (Lipinski definition) is 1. The summed E-state index contributed by atoms with van der Waals surface area (Å²) in [6, 6.07) is 40.1. The number of anilines is 3. The van der Waals surface area contributed by atoms with Crippen molar-refractivity contribution in [3.05, 3.63) is 159 Å². The quantitative estimate of drug-likeness (QED) is 0.207. The lowest BCUT2D eigenvalue weighted by Crippen LogP contribution is -2.11. The third-order valence-electron chi connectivity index (χ3n) is 7.12. The van der Waals surface area contributed by atoms with E-state index in [0.717, 1.165) is 5.69 Å². The van der Waals surface area contributed by atoms with Gasteiger partial charge in [-0.2, -0.15) is 0 Å². The first kappa shape index (κ1) is 26.3. The van der Waals surface area contributed by atoms with Crippen LogP contribution in [0.1, 0.15) is 50.1 Å². The fourth-order valence-electron chi connectivity index (χ4n) is 5.29. The highest BCUT2D eigenvalue weighted by atomic mass is 15.1. The Hall–Kier alpha value is -4.36. The molecule has 39 heavy (non-hydrogen) atoms. The molecule has 194 valence electrons. The molecule has 5 aromatic carbocycles. The molecule has 0 fully saturated rings. The Morgan fingerprint density at radius 3 is 1.18 bits per heavy atom. The molecular formula is C38H37N. The van der Waals surface area contributed by atoms with Crippen LogP contribution in [0, 0.1) is 41.5 Å². The van der Waals surface area contributed by atoms with Crippen LogP contribution in [0.3, 0.4) is 0 Å². The van der Waals surface area contributed by atoms with Gasteiger partial charge in [0, 0.05) is 17.1 Å². The monoisotopic (exact) mass is 507 g/mol. The molecule has 1 nitrogen and oxygen atoms in total. The molecule has 5 rings (SSSR count). The van der Waals surface area contributed by atoms with Gasteiger partial charge >= 0.3 is 0 Å². The summed E-state index contributed by atoms with van der Waals surface area (Å²) in [5.74, 6) is 0. The van der Waals surface area contributed by atoms with Gasteiger partial charge in [0.1, 0.15) is 0 Å². The van der Waals surface area contributed by atoms with E-state index in [1.807, 2.05) is 0 Å². The molecule has 0 aliphatic heterocycles. The van der Waals surface area contributed by atoms with Crippen molar-refractivity contribution >= 4 is 28.7 Å². The maximum atomic E-state index is 2.37. The lowest BCUT2D eigenvalue weighted by molar-refractivity contribution is 1.23. The van der Waals surface area contributed by atoms with E-state index < -0.39 is 0 Å². The smallest absolute Gasteiger partial charge is 0.0466 e. The minimum Gasteiger partial charge on any atom is -0.310 e.